The van der Waals surface area contributed by atoms with Crippen LogP contribution >= 0.6 is 15.9 Å². The predicted molar refractivity (Wildman–Crippen MR) is 126 cm³/mol. The minimum atomic E-state index is -0.947. The maximum Gasteiger partial charge on any atom is 0.344 e. The maximum atomic E-state index is 12.3. The molecule has 0 heterocycles. The van der Waals surface area contributed by atoms with E-state index >= 15 is 0 Å². The SMILES string of the molecule is C/C(=N\NC(=O)C(=O)Nc1ccc(C#N)cc1)c1ccc(OC(=O)c2ccccc2Br)cc1. The topological polar surface area (TPSA) is 121 Å². The van der Waals surface area contributed by atoms with E-state index in [1.807, 2.05) is 6.07 Å². The van der Waals surface area contributed by atoms with E-state index in [-0.39, 0.29) is 0 Å². The summed E-state index contributed by atoms with van der Waals surface area (Å²) in [6.45, 7) is 1.65. The van der Waals surface area contributed by atoms with Crippen LogP contribution in [0.4, 0.5) is 5.69 Å². The lowest BCUT2D eigenvalue weighted by atomic mass is 10.1. The average Bonchev–Trinajstić information content (AvgIpc) is 2.83. The van der Waals surface area contributed by atoms with Gasteiger partial charge in [-0.15, -0.1) is 0 Å². The number of esters is 1. The second kappa shape index (κ2) is 10.8. The minimum absolute atomic E-state index is 0.345. The minimum Gasteiger partial charge on any atom is -0.423 e. The molecule has 0 atom stereocenters. The van der Waals surface area contributed by atoms with Gasteiger partial charge in [-0.2, -0.15) is 10.4 Å². The van der Waals surface area contributed by atoms with Crippen LogP contribution in [0.25, 0.3) is 0 Å². The van der Waals surface area contributed by atoms with Crippen molar-refractivity contribution in [2.75, 3.05) is 5.32 Å². The Morgan fingerprint density at radius 1 is 0.939 bits per heavy atom. The highest BCUT2D eigenvalue weighted by Crippen LogP contribution is 2.20. The number of halogens is 1. The Hall–Kier alpha value is -4.29. The molecule has 0 aliphatic heterocycles. The Labute approximate surface area is 198 Å². The summed E-state index contributed by atoms with van der Waals surface area (Å²) >= 11 is 3.31. The molecule has 0 spiro atoms. The second-order valence-corrected chi connectivity index (χ2v) is 7.53. The lowest BCUT2D eigenvalue weighted by molar-refractivity contribution is -0.136. The van der Waals surface area contributed by atoms with Gasteiger partial charge in [0.15, 0.2) is 0 Å². The monoisotopic (exact) mass is 504 g/mol. The van der Waals surface area contributed by atoms with Gasteiger partial charge >= 0.3 is 17.8 Å². The highest BCUT2D eigenvalue weighted by Gasteiger charge is 2.14. The fourth-order valence-corrected chi connectivity index (χ4v) is 3.07. The molecule has 164 valence electrons. The molecule has 0 saturated carbocycles. The molecule has 2 N–H and O–H groups in total. The standard InChI is InChI=1S/C24H17BrN4O4/c1-15(28-29-23(31)22(30)27-18-10-6-16(14-26)7-11-18)17-8-12-19(13-9-17)33-24(32)20-4-2-3-5-21(20)25/h2-13H,1H3,(H,27,30)(H,29,31)/b28-15+. The maximum absolute atomic E-state index is 12.3. The van der Waals surface area contributed by atoms with Crippen molar-refractivity contribution in [3.63, 3.8) is 0 Å². The lowest BCUT2D eigenvalue weighted by Gasteiger charge is -2.07. The van der Waals surface area contributed by atoms with Crippen molar-refractivity contribution >= 4 is 45.1 Å². The summed E-state index contributed by atoms with van der Waals surface area (Å²) in [6, 6.07) is 21.5. The third-order valence-corrected chi connectivity index (χ3v) is 5.07. The summed E-state index contributed by atoms with van der Waals surface area (Å²) in [5, 5.41) is 15.1. The molecule has 3 aromatic carbocycles. The van der Waals surface area contributed by atoms with Crippen molar-refractivity contribution in [1.29, 1.82) is 5.26 Å². The molecule has 0 fully saturated rings. The van der Waals surface area contributed by atoms with Crippen LogP contribution < -0.4 is 15.5 Å². The number of hydrazone groups is 1. The van der Waals surface area contributed by atoms with Gasteiger partial charge in [-0.25, -0.2) is 10.2 Å². The number of nitrogens with zero attached hydrogens (tertiary/aromatic N) is 2. The van der Waals surface area contributed by atoms with Crippen LogP contribution in [0.1, 0.15) is 28.4 Å². The quantitative estimate of drug-likeness (QED) is 0.178. The average molecular weight is 505 g/mol. The number of hydrogen-bond acceptors (Lipinski definition) is 6. The van der Waals surface area contributed by atoms with Crippen molar-refractivity contribution in [2.45, 2.75) is 6.92 Å². The van der Waals surface area contributed by atoms with Gasteiger partial charge < -0.3 is 10.1 Å². The molecule has 8 nitrogen and oxygen atoms in total. The van der Waals surface area contributed by atoms with E-state index in [4.69, 9.17) is 10.00 Å². The van der Waals surface area contributed by atoms with Gasteiger partial charge in [-0.3, -0.25) is 9.59 Å². The number of ether oxygens (including phenoxy) is 1. The van der Waals surface area contributed by atoms with Crippen LogP contribution in [0.5, 0.6) is 5.75 Å². The van der Waals surface area contributed by atoms with Crippen LogP contribution in [-0.2, 0) is 9.59 Å². The highest BCUT2D eigenvalue weighted by molar-refractivity contribution is 9.10. The van der Waals surface area contributed by atoms with Crippen molar-refractivity contribution in [1.82, 2.24) is 5.43 Å². The lowest BCUT2D eigenvalue weighted by Crippen LogP contribution is -2.32. The van der Waals surface area contributed by atoms with E-state index in [1.165, 1.54) is 24.3 Å². The molecule has 0 aromatic heterocycles. The largest absolute Gasteiger partial charge is 0.423 e. The molecule has 3 rings (SSSR count). The molecule has 33 heavy (non-hydrogen) atoms. The number of anilines is 1. The number of hydrogen-bond donors (Lipinski definition) is 2. The Morgan fingerprint density at radius 3 is 2.24 bits per heavy atom. The Bertz CT molecular complexity index is 1260. The number of nitrogens with one attached hydrogen (secondary N) is 2. The summed E-state index contributed by atoms with van der Waals surface area (Å²) < 4.78 is 6.00. The first-order valence-electron chi connectivity index (χ1n) is 9.60. The number of benzene rings is 3. The van der Waals surface area contributed by atoms with E-state index in [9.17, 15) is 14.4 Å². The molecule has 2 amide bonds. The van der Waals surface area contributed by atoms with Crippen LogP contribution in [0.15, 0.2) is 82.4 Å². The van der Waals surface area contributed by atoms with E-state index in [0.29, 0.717) is 38.3 Å². The molecule has 0 aliphatic carbocycles. The first-order valence-corrected chi connectivity index (χ1v) is 10.4. The summed E-state index contributed by atoms with van der Waals surface area (Å²) in [6.07, 6.45) is 0. The van der Waals surface area contributed by atoms with Crippen molar-refractivity contribution < 1.29 is 19.1 Å². The Balaban J connectivity index is 1.57. The number of nitriles is 1. The molecule has 0 aliphatic rings. The zero-order valence-corrected chi connectivity index (χ0v) is 18.9. The molecular formula is C24H17BrN4O4. The third kappa shape index (κ3) is 6.35. The zero-order chi connectivity index (χ0) is 23.8. The van der Waals surface area contributed by atoms with Gasteiger partial charge in [0.25, 0.3) is 0 Å². The van der Waals surface area contributed by atoms with Crippen LogP contribution in [0.2, 0.25) is 0 Å². The van der Waals surface area contributed by atoms with Gasteiger partial charge in [-0.1, -0.05) is 12.1 Å². The molecule has 0 unspecified atom stereocenters. The first kappa shape index (κ1) is 23.4. The van der Waals surface area contributed by atoms with E-state index in [2.05, 4.69) is 31.8 Å². The van der Waals surface area contributed by atoms with E-state index in [1.54, 1.807) is 55.5 Å². The van der Waals surface area contributed by atoms with Crippen molar-refractivity contribution in [3.05, 3.63) is 94.0 Å². The molecule has 0 radical (unpaired) electrons. The van der Waals surface area contributed by atoms with Crippen molar-refractivity contribution in [3.8, 4) is 11.8 Å². The smallest absolute Gasteiger partial charge is 0.344 e. The fourth-order valence-electron chi connectivity index (χ4n) is 2.62. The molecule has 0 bridgehead atoms. The third-order valence-electron chi connectivity index (χ3n) is 4.38. The molecule has 0 saturated heterocycles. The van der Waals surface area contributed by atoms with Gasteiger partial charge in [0.2, 0.25) is 0 Å². The van der Waals surface area contributed by atoms with Gasteiger partial charge in [0.05, 0.1) is 22.9 Å². The molecular weight excluding hydrogens is 488 g/mol. The zero-order valence-electron chi connectivity index (χ0n) is 17.3. The predicted octanol–water partition coefficient (Wildman–Crippen LogP) is 4.02. The normalized spacial score (nSPS) is 10.6. The van der Waals surface area contributed by atoms with Gasteiger partial charge in [0.1, 0.15) is 5.75 Å². The second-order valence-electron chi connectivity index (χ2n) is 6.68. The molecule has 9 heteroatoms. The van der Waals surface area contributed by atoms with Crippen LogP contribution in [0.3, 0.4) is 0 Å². The number of carbonyl (C=O) groups excluding carboxylic acids is 3. The summed E-state index contributed by atoms with van der Waals surface area (Å²) in [4.78, 5) is 36.3. The summed E-state index contributed by atoms with van der Waals surface area (Å²) in [5.74, 6) is -2.00. The van der Waals surface area contributed by atoms with Crippen LogP contribution in [0, 0.1) is 11.3 Å². The summed E-state index contributed by atoms with van der Waals surface area (Å²) in [5.41, 5.74) is 4.51. The first-order chi connectivity index (χ1) is 15.9. The van der Waals surface area contributed by atoms with Crippen LogP contribution in [-0.4, -0.2) is 23.5 Å². The Kier molecular flexibility index (Phi) is 7.68. The van der Waals surface area contributed by atoms with Gasteiger partial charge in [-0.05, 0) is 89.1 Å². The number of rotatable bonds is 5. The Morgan fingerprint density at radius 2 is 1.61 bits per heavy atom. The molecule has 3 aromatic rings. The highest BCUT2D eigenvalue weighted by atomic mass is 79.9. The van der Waals surface area contributed by atoms with E-state index in [0.717, 1.165) is 0 Å². The fraction of sp³-hybridized carbons (Fsp3) is 0.0417. The number of carbonyl (C=O) groups is 3. The van der Waals surface area contributed by atoms with Gasteiger partial charge in [0, 0.05) is 10.2 Å². The van der Waals surface area contributed by atoms with Crippen molar-refractivity contribution in [2.24, 2.45) is 5.10 Å². The number of amides is 2. The summed E-state index contributed by atoms with van der Waals surface area (Å²) in [7, 11) is 0. The van der Waals surface area contributed by atoms with E-state index < -0.39 is 17.8 Å².